The number of ether oxygens (including phenoxy) is 2. The molecule has 3 rings (SSSR count). The summed E-state index contributed by atoms with van der Waals surface area (Å²) in [5, 5.41) is 14.8. The first-order chi connectivity index (χ1) is 12.9. The highest BCUT2D eigenvalue weighted by Gasteiger charge is 2.22. The summed E-state index contributed by atoms with van der Waals surface area (Å²) in [6.45, 7) is 3.92. The molecule has 1 fully saturated rings. The Balaban J connectivity index is 0.000000380. The Bertz CT molecular complexity index is 709. The van der Waals surface area contributed by atoms with Crippen LogP contribution in [0.25, 0.3) is 5.57 Å². The van der Waals surface area contributed by atoms with Crippen molar-refractivity contribution in [3.05, 3.63) is 11.8 Å². The average Bonchev–Trinajstić information content (AvgIpc) is 3.25. The van der Waals surface area contributed by atoms with E-state index in [1.165, 1.54) is 0 Å². The lowest BCUT2D eigenvalue weighted by atomic mass is 10.1. The largest absolute Gasteiger partial charge is 0.474 e. The Labute approximate surface area is 159 Å². The predicted molar refractivity (Wildman–Crippen MR) is 93.7 cm³/mol. The molecule has 0 aromatic carbocycles. The van der Waals surface area contributed by atoms with E-state index in [1.54, 1.807) is 4.90 Å². The highest BCUT2D eigenvalue weighted by molar-refractivity contribution is 6.99. The van der Waals surface area contributed by atoms with Crippen molar-refractivity contribution in [3.63, 3.8) is 0 Å². The average molecular weight is 400 g/mol. The number of carbonyl (C=O) groups excluding carboxylic acids is 1. The fourth-order valence-electron chi connectivity index (χ4n) is 2.42. The zero-order valence-corrected chi connectivity index (χ0v) is 15.5. The molecule has 2 aliphatic heterocycles. The molecule has 2 N–H and O–H groups in total. The minimum absolute atomic E-state index is 0.271. The Hall–Kier alpha value is -2.73. The number of cyclic esters (lactones) is 1. The molecule has 0 radical (unpaired) electrons. The number of amides is 1. The number of aliphatic carboxylic acids is 2. The van der Waals surface area contributed by atoms with Crippen LogP contribution in [0.2, 0.25) is 0 Å². The van der Waals surface area contributed by atoms with E-state index < -0.39 is 11.9 Å². The topological polar surface area (TPSA) is 142 Å². The molecule has 2 aliphatic rings. The van der Waals surface area contributed by atoms with Gasteiger partial charge in [0.2, 0.25) is 0 Å². The summed E-state index contributed by atoms with van der Waals surface area (Å²) in [6, 6.07) is 0. The Morgan fingerprint density at radius 1 is 1.30 bits per heavy atom. The molecule has 0 bridgehead atoms. The molecule has 1 amide bonds. The van der Waals surface area contributed by atoms with Gasteiger partial charge in [-0.15, -0.1) is 4.37 Å². The summed E-state index contributed by atoms with van der Waals surface area (Å²) >= 11 is 1.15. The van der Waals surface area contributed by atoms with E-state index in [9.17, 15) is 4.79 Å². The van der Waals surface area contributed by atoms with Gasteiger partial charge in [0, 0.05) is 13.1 Å². The Morgan fingerprint density at radius 2 is 2.04 bits per heavy atom. The predicted octanol–water partition coefficient (Wildman–Crippen LogP) is 0.244. The summed E-state index contributed by atoms with van der Waals surface area (Å²) in [7, 11) is 2.09. The number of aromatic nitrogens is 2. The molecule has 1 aromatic rings. The van der Waals surface area contributed by atoms with Crippen molar-refractivity contribution < 1.29 is 34.1 Å². The summed E-state index contributed by atoms with van der Waals surface area (Å²) in [6.07, 6.45) is 2.94. The van der Waals surface area contributed by atoms with Crippen molar-refractivity contribution >= 4 is 35.3 Å². The van der Waals surface area contributed by atoms with E-state index in [0.29, 0.717) is 32.2 Å². The van der Waals surface area contributed by atoms with Gasteiger partial charge in [0.15, 0.2) is 0 Å². The molecule has 1 saturated heterocycles. The van der Waals surface area contributed by atoms with Crippen molar-refractivity contribution in [3.8, 4) is 5.88 Å². The number of carboxylic acids is 2. The van der Waals surface area contributed by atoms with Crippen LogP contribution in [0.5, 0.6) is 5.88 Å². The zero-order valence-electron chi connectivity index (χ0n) is 14.7. The summed E-state index contributed by atoms with van der Waals surface area (Å²) in [5.41, 5.74) is 1.99. The van der Waals surface area contributed by atoms with Gasteiger partial charge in [-0.25, -0.2) is 14.4 Å². The molecule has 148 valence electrons. The van der Waals surface area contributed by atoms with Gasteiger partial charge < -0.3 is 29.5 Å². The number of carbonyl (C=O) groups is 3. The maximum absolute atomic E-state index is 11.3. The van der Waals surface area contributed by atoms with Crippen molar-refractivity contribution in [2.75, 3.05) is 46.4 Å². The molecule has 0 spiro atoms. The van der Waals surface area contributed by atoms with E-state index in [1.807, 2.05) is 0 Å². The van der Waals surface area contributed by atoms with Crippen molar-refractivity contribution in [2.45, 2.75) is 6.42 Å². The third-order valence-electron chi connectivity index (χ3n) is 3.73. The maximum Gasteiger partial charge on any atom is 0.414 e. The Morgan fingerprint density at radius 3 is 2.63 bits per heavy atom. The van der Waals surface area contributed by atoms with E-state index >= 15 is 0 Å². The minimum Gasteiger partial charge on any atom is -0.474 e. The third-order valence-corrected chi connectivity index (χ3v) is 4.24. The van der Waals surface area contributed by atoms with Crippen LogP contribution in [0.3, 0.4) is 0 Å². The van der Waals surface area contributed by atoms with Crippen molar-refractivity contribution in [1.29, 1.82) is 0 Å². The number of hydrogen-bond acceptors (Lipinski definition) is 9. The van der Waals surface area contributed by atoms with Crippen LogP contribution in [0.15, 0.2) is 6.08 Å². The second kappa shape index (κ2) is 9.83. The zero-order chi connectivity index (χ0) is 19.8. The number of rotatable bonds is 5. The Kier molecular flexibility index (Phi) is 7.49. The molecule has 0 atom stereocenters. The number of nitrogens with zero attached hydrogens (tertiary/aromatic N) is 4. The lowest BCUT2D eigenvalue weighted by molar-refractivity contribution is -0.159. The third kappa shape index (κ3) is 6.18. The van der Waals surface area contributed by atoms with Gasteiger partial charge in [-0.2, -0.15) is 4.37 Å². The van der Waals surface area contributed by atoms with Gasteiger partial charge in [-0.3, -0.25) is 0 Å². The van der Waals surface area contributed by atoms with Crippen LogP contribution in [0.1, 0.15) is 12.1 Å². The highest BCUT2D eigenvalue weighted by Crippen LogP contribution is 2.26. The molecule has 0 saturated carbocycles. The van der Waals surface area contributed by atoms with E-state index in [-0.39, 0.29) is 6.09 Å². The van der Waals surface area contributed by atoms with Crippen LogP contribution in [0, 0.1) is 0 Å². The maximum atomic E-state index is 11.3. The number of likely N-dealkylation sites (N-methyl/N-ethyl adjacent to an activating group) is 1. The highest BCUT2D eigenvalue weighted by atomic mass is 32.1. The minimum atomic E-state index is -1.82. The number of carboxylic acid groups (broad SMARTS) is 2. The quantitative estimate of drug-likeness (QED) is 0.660. The van der Waals surface area contributed by atoms with Crippen LogP contribution < -0.4 is 4.74 Å². The molecule has 1 aromatic heterocycles. The molecular formula is C15H20N4O7S. The van der Waals surface area contributed by atoms with Gasteiger partial charge in [0.05, 0.1) is 24.8 Å². The molecular weight excluding hydrogens is 380 g/mol. The van der Waals surface area contributed by atoms with E-state index in [4.69, 9.17) is 29.3 Å². The fourth-order valence-corrected chi connectivity index (χ4v) is 2.95. The van der Waals surface area contributed by atoms with Gasteiger partial charge >= 0.3 is 18.0 Å². The van der Waals surface area contributed by atoms with Gasteiger partial charge in [0.25, 0.3) is 5.88 Å². The molecule has 27 heavy (non-hydrogen) atoms. The molecule has 12 heteroatoms. The standard InChI is InChI=1S/C13H18N4O3S.C2H2O4/c1-16-4-2-3-10(9-16)11-12(15-21-14-11)19-7-5-17-6-8-20-13(17)18;3-1(4)2(5)6/h3H,2,4-9H2,1H3;(H,3,4)(H,5,6). The summed E-state index contributed by atoms with van der Waals surface area (Å²) in [5.74, 6) is -3.08. The first kappa shape index (κ1) is 20.6. The lowest BCUT2D eigenvalue weighted by Gasteiger charge is -2.22. The monoisotopic (exact) mass is 400 g/mol. The van der Waals surface area contributed by atoms with Crippen LogP contribution in [-0.4, -0.2) is 93.2 Å². The van der Waals surface area contributed by atoms with Gasteiger partial charge in [0.1, 0.15) is 18.9 Å². The van der Waals surface area contributed by atoms with Crippen LogP contribution in [0.4, 0.5) is 4.79 Å². The fraction of sp³-hybridized carbons (Fsp3) is 0.533. The summed E-state index contributed by atoms with van der Waals surface area (Å²) in [4.78, 5) is 33.4. The first-order valence-electron chi connectivity index (χ1n) is 8.09. The van der Waals surface area contributed by atoms with Crippen LogP contribution in [-0.2, 0) is 14.3 Å². The van der Waals surface area contributed by atoms with E-state index in [2.05, 4.69) is 26.8 Å². The molecule has 11 nitrogen and oxygen atoms in total. The summed E-state index contributed by atoms with van der Waals surface area (Å²) < 4.78 is 19.1. The molecule has 0 unspecified atom stereocenters. The van der Waals surface area contributed by atoms with Gasteiger partial charge in [-0.1, -0.05) is 6.08 Å². The van der Waals surface area contributed by atoms with Crippen molar-refractivity contribution in [1.82, 2.24) is 18.5 Å². The van der Waals surface area contributed by atoms with Crippen LogP contribution >= 0.6 is 11.7 Å². The van der Waals surface area contributed by atoms with Gasteiger partial charge in [-0.05, 0) is 19.0 Å². The SMILES string of the molecule is CN1CCC=C(c2nsnc2OCCN2CCOC2=O)C1.O=C(O)C(=O)O. The smallest absolute Gasteiger partial charge is 0.414 e. The molecule has 0 aliphatic carbocycles. The normalized spacial score (nSPS) is 16.9. The second-order valence-electron chi connectivity index (χ2n) is 5.73. The van der Waals surface area contributed by atoms with Crippen molar-refractivity contribution in [2.24, 2.45) is 0 Å². The van der Waals surface area contributed by atoms with E-state index in [0.717, 1.165) is 42.5 Å². The lowest BCUT2D eigenvalue weighted by Crippen LogP contribution is -2.29. The second-order valence-corrected chi connectivity index (χ2v) is 6.26. The molecule has 3 heterocycles. The first-order valence-corrected chi connectivity index (χ1v) is 8.82. The number of hydrogen-bond donors (Lipinski definition) is 2.